The molecule has 29 heavy (non-hydrogen) atoms. The maximum atomic E-state index is 12.2. The second kappa shape index (κ2) is 9.83. The largest absolute Gasteiger partial charge is 0.342 e. The van der Waals surface area contributed by atoms with Gasteiger partial charge in [0.25, 0.3) is 5.91 Å². The van der Waals surface area contributed by atoms with E-state index in [0.29, 0.717) is 24.2 Å². The van der Waals surface area contributed by atoms with Gasteiger partial charge in [-0.3, -0.25) is 19.1 Å². The van der Waals surface area contributed by atoms with Gasteiger partial charge in [0.2, 0.25) is 11.8 Å². The van der Waals surface area contributed by atoms with Crippen molar-refractivity contribution in [1.82, 2.24) is 25.3 Å². The number of hydrogen-bond acceptors (Lipinski definition) is 5. The monoisotopic (exact) mass is 398 g/mol. The molecule has 2 heterocycles. The molecule has 1 aliphatic rings. The number of anilines is 1. The molecule has 0 aliphatic carbocycles. The summed E-state index contributed by atoms with van der Waals surface area (Å²) >= 11 is 0. The van der Waals surface area contributed by atoms with Crippen molar-refractivity contribution in [2.24, 2.45) is 7.05 Å². The summed E-state index contributed by atoms with van der Waals surface area (Å²) in [7, 11) is 1.66. The number of piperazine rings is 1. The van der Waals surface area contributed by atoms with Crippen LogP contribution in [-0.4, -0.2) is 65.1 Å². The van der Waals surface area contributed by atoms with E-state index in [4.69, 9.17) is 0 Å². The van der Waals surface area contributed by atoms with Crippen molar-refractivity contribution in [3.63, 3.8) is 0 Å². The maximum absolute atomic E-state index is 12.2. The maximum Gasteiger partial charge on any atom is 0.269 e. The molecule has 154 valence electrons. The molecule has 0 saturated carbocycles. The zero-order chi connectivity index (χ0) is 20.6. The molecule has 0 unspecified atom stereocenters. The second-order valence-corrected chi connectivity index (χ2v) is 6.90. The van der Waals surface area contributed by atoms with E-state index >= 15 is 0 Å². The summed E-state index contributed by atoms with van der Waals surface area (Å²) in [6.45, 7) is 3.10. The third-order valence-electron chi connectivity index (χ3n) is 4.80. The fraction of sp³-hybridized carbons (Fsp3) is 0.400. The molecule has 3 amide bonds. The Morgan fingerprint density at radius 1 is 1.10 bits per heavy atom. The van der Waals surface area contributed by atoms with Gasteiger partial charge in [-0.15, -0.1) is 0 Å². The van der Waals surface area contributed by atoms with Gasteiger partial charge in [-0.1, -0.05) is 12.1 Å². The minimum absolute atomic E-state index is 0.134. The first-order valence-corrected chi connectivity index (χ1v) is 9.66. The fourth-order valence-corrected chi connectivity index (χ4v) is 3.13. The molecule has 3 rings (SSSR count). The summed E-state index contributed by atoms with van der Waals surface area (Å²) in [5.41, 5.74) is 2.07. The van der Waals surface area contributed by atoms with E-state index < -0.39 is 0 Å². The zero-order valence-electron chi connectivity index (χ0n) is 16.5. The third kappa shape index (κ3) is 5.89. The number of aromatic nitrogens is 2. The van der Waals surface area contributed by atoms with E-state index in [1.54, 1.807) is 25.2 Å². The van der Waals surface area contributed by atoms with E-state index in [1.165, 1.54) is 10.9 Å². The molecule has 1 aliphatic heterocycles. The Morgan fingerprint density at radius 3 is 2.48 bits per heavy atom. The lowest BCUT2D eigenvalue weighted by molar-refractivity contribution is -0.131. The zero-order valence-corrected chi connectivity index (χ0v) is 16.5. The Bertz CT molecular complexity index is 855. The number of carbonyl (C=O) groups excluding carboxylic acids is 3. The molecule has 0 radical (unpaired) electrons. The van der Waals surface area contributed by atoms with Crippen LogP contribution in [0.15, 0.2) is 36.5 Å². The van der Waals surface area contributed by atoms with Crippen molar-refractivity contribution in [3.05, 3.63) is 47.8 Å². The molecule has 1 aromatic heterocycles. The first-order valence-electron chi connectivity index (χ1n) is 9.66. The smallest absolute Gasteiger partial charge is 0.269 e. The molecular weight excluding hydrogens is 372 g/mol. The van der Waals surface area contributed by atoms with E-state index in [1.807, 2.05) is 17.0 Å². The minimum Gasteiger partial charge on any atom is -0.342 e. The van der Waals surface area contributed by atoms with Crippen LogP contribution >= 0.6 is 0 Å². The van der Waals surface area contributed by atoms with Crippen LogP contribution in [0.25, 0.3) is 0 Å². The van der Waals surface area contributed by atoms with Crippen molar-refractivity contribution < 1.29 is 14.4 Å². The predicted octanol–water partition coefficient (Wildman–Crippen LogP) is 0.153. The fourth-order valence-electron chi connectivity index (χ4n) is 3.13. The molecule has 2 aromatic rings. The molecule has 0 spiro atoms. The summed E-state index contributed by atoms with van der Waals surface area (Å²) in [5.74, 6) is -0.500. The molecule has 1 fully saturated rings. The quantitative estimate of drug-likeness (QED) is 0.615. The van der Waals surface area contributed by atoms with E-state index in [2.05, 4.69) is 21.0 Å². The van der Waals surface area contributed by atoms with Gasteiger partial charge in [0.1, 0.15) is 5.69 Å². The minimum atomic E-state index is -0.357. The van der Waals surface area contributed by atoms with Gasteiger partial charge in [-0.25, -0.2) is 0 Å². The SMILES string of the molecule is Cn1nccc1C(=O)NCC(=O)Nc1ccc(CCC(=O)N2CCNCC2)cc1. The summed E-state index contributed by atoms with van der Waals surface area (Å²) in [6.07, 6.45) is 2.66. The molecule has 1 aromatic carbocycles. The van der Waals surface area contributed by atoms with Gasteiger partial charge in [-0.05, 0) is 30.2 Å². The predicted molar refractivity (Wildman–Crippen MR) is 108 cm³/mol. The highest BCUT2D eigenvalue weighted by molar-refractivity contribution is 5.98. The Balaban J connectivity index is 1.41. The van der Waals surface area contributed by atoms with E-state index in [9.17, 15) is 14.4 Å². The van der Waals surface area contributed by atoms with Crippen LogP contribution in [0, 0.1) is 0 Å². The highest BCUT2D eigenvalue weighted by Gasteiger charge is 2.16. The van der Waals surface area contributed by atoms with Crippen molar-refractivity contribution >= 4 is 23.4 Å². The molecule has 0 atom stereocenters. The molecule has 3 N–H and O–H groups in total. The van der Waals surface area contributed by atoms with Crippen molar-refractivity contribution in [1.29, 1.82) is 0 Å². The Morgan fingerprint density at radius 2 is 1.83 bits per heavy atom. The number of amides is 3. The van der Waals surface area contributed by atoms with Gasteiger partial charge in [0.15, 0.2) is 0 Å². The summed E-state index contributed by atoms with van der Waals surface area (Å²) < 4.78 is 1.44. The first-order chi connectivity index (χ1) is 14.0. The van der Waals surface area contributed by atoms with Crippen LogP contribution in [0.5, 0.6) is 0 Å². The Kier molecular flexibility index (Phi) is 6.96. The van der Waals surface area contributed by atoms with Crippen LogP contribution < -0.4 is 16.0 Å². The van der Waals surface area contributed by atoms with Gasteiger partial charge in [0, 0.05) is 51.5 Å². The average Bonchev–Trinajstić information content (AvgIpc) is 3.18. The highest BCUT2D eigenvalue weighted by atomic mass is 16.2. The van der Waals surface area contributed by atoms with Crippen LogP contribution in [0.3, 0.4) is 0 Å². The average molecular weight is 398 g/mol. The number of benzene rings is 1. The highest BCUT2D eigenvalue weighted by Crippen LogP contribution is 2.12. The van der Waals surface area contributed by atoms with Crippen molar-refractivity contribution in [2.75, 3.05) is 38.0 Å². The third-order valence-corrected chi connectivity index (χ3v) is 4.80. The lowest BCUT2D eigenvalue weighted by Crippen LogP contribution is -2.46. The standard InChI is InChI=1S/C20H26N6O3/c1-25-17(8-9-23-25)20(29)22-14-18(27)24-16-5-2-15(3-6-16)4-7-19(28)26-12-10-21-11-13-26/h2-3,5-6,8-9,21H,4,7,10-14H2,1H3,(H,22,29)(H,24,27). The van der Waals surface area contributed by atoms with Gasteiger partial charge < -0.3 is 20.9 Å². The van der Waals surface area contributed by atoms with Gasteiger partial charge in [0.05, 0.1) is 6.54 Å². The van der Waals surface area contributed by atoms with E-state index in [-0.39, 0.29) is 24.3 Å². The number of hydrogen-bond donors (Lipinski definition) is 3. The summed E-state index contributed by atoms with van der Waals surface area (Å²) in [4.78, 5) is 38.1. The summed E-state index contributed by atoms with van der Waals surface area (Å²) in [6, 6.07) is 8.97. The summed E-state index contributed by atoms with van der Waals surface area (Å²) in [5, 5.41) is 12.5. The number of nitrogens with zero attached hydrogens (tertiary/aromatic N) is 3. The molecular formula is C20H26N6O3. The number of nitrogens with one attached hydrogen (secondary N) is 3. The topological polar surface area (TPSA) is 108 Å². The van der Waals surface area contributed by atoms with E-state index in [0.717, 1.165) is 31.7 Å². The van der Waals surface area contributed by atoms with Crippen molar-refractivity contribution in [3.8, 4) is 0 Å². The number of aryl methyl sites for hydroxylation is 2. The molecule has 9 nitrogen and oxygen atoms in total. The number of carbonyl (C=O) groups is 3. The Hall–Kier alpha value is -3.20. The van der Waals surface area contributed by atoms with Gasteiger partial charge >= 0.3 is 0 Å². The van der Waals surface area contributed by atoms with Crippen LogP contribution in [0.4, 0.5) is 5.69 Å². The Labute approximate surface area is 169 Å². The molecule has 0 bridgehead atoms. The molecule has 1 saturated heterocycles. The first kappa shape index (κ1) is 20.5. The lowest BCUT2D eigenvalue weighted by atomic mass is 10.1. The van der Waals surface area contributed by atoms with Crippen LogP contribution in [-0.2, 0) is 23.1 Å². The number of rotatable bonds is 7. The van der Waals surface area contributed by atoms with Crippen LogP contribution in [0.2, 0.25) is 0 Å². The second-order valence-electron chi connectivity index (χ2n) is 6.90. The normalized spacial score (nSPS) is 13.8. The molecule has 9 heteroatoms. The van der Waals surface area contributed by atoms with Crippen LogP contribution in [0.1, 0.15) is 22.5 Å². The van der Waals surface area contributed by atoms with Crippen molar-refractivity contribution in [2.45, 2.75) is 12.8 Å². The van der Waals surface area contributed by atoms with Gasteiger partial charge in [-0.2, -0.15) is 5.10 Å². The lowest BCUT2D eigenvalue weighted by Gasteiger charge is -2.27.